The third-order valence-electron chi connectivity index (χ3n) is 5.52. The highest BCUT2D eigenvalue weighted by Crippen LogP contribution is 2.25. The molecule has 4 rings (SSSR count). The summed E-state index contributed by atoms with van der Waals surface area (Å²) in [5, 5.41) is 6.90. The first-order valence-corrected chi connectivity index (χ1v) is 9.97. The molecule has 0 radical (unpaired) electrons. The molecule has 1 unspecified atom stereocenters. The summed E-state index contributed by atoms with van der Waals surface area (Å²) in [5.74, 6) is 3.29. The molecular weight excluding hydrogens is 372 g/mol. The number of ether oxygens (including phenoxy) is 1. The fourth-order valence-corrected chi connectivity index (χ4v) is 3.91. The third-order valence-corrected chi connectivity index (χ3v) is 5.52. The molecule has 3 aromatic carbocycles. The monoisotopic (exact) mass is 396 g/mol. The van der Waals surface area contributed by atoms with Gasteiger partial charge < -0.3 is 10.1 Å². The van der Waals surface area contributed by atoms with E-state index < -0.39 is 0 Å². The number of fused-ring (bicyclic) bond motifs is 2. The van der Waals surface area contributed by atoms with Crippen LogP contribution in [0.1, 0.15) is 24.1 Å². The van der Waals surface area contributed by atoms with Crippen molar-refractivity contribution in [3.63, 3.8) is 0 Å². The number of pyridine rings is 1. The van der Waals surface area contributed by atoms with Gasteiger partial charge in [-0.3, -0.25) is 9.36 Å². The average molecular weight is 396 g/mol. The van der Waals surface area contributed by atoms with Gasteiger partial charge in [0.2, 0.25) is 0 Å². The third kappa shape index (κ3) is 3.68. The molecule has 0 amide bonds. The SMILES string of the molecule is C#CCn1c(=O)c(CNC(C)c2cccc3ccccc23)cc2ccc(OC)cc21. The van der Waals surface area contributed by atoms with Gasteiger partial charge in [-0.15, -0.1) is 6.42 Å². The minimum atomic E-state index is -0.0775. The fraction of sp³-hybridized carbons (Fsp3) is 0.192. The van der Waals surface area contributed by atoms with Gasteiger partial charge in [-0.05, 0) is 46.8 Å². The molecule has 1 aromatic heterocycles. The number of methoxy groups -OCH3 is 1. The number of nitrogens with one attached hydrogen (secondary N) is 1. The molecule has 0 saturated carbocycles. The molecule has 1 atom stereocenters. The van der Waals surface area contributed by atoms with Crippen molar-refractivity contribution in [1.82, 2.24) is 9.88 Å². The Bertz CT molecular complexity index is 1310. The van der Waals surface area contributed by atoms with E-state index in [0.29, 0.717) is 17.9 Å². The summed E-state index contributed by atoms with van der Waals surface area (Å²) in [5.41, 5.74) is 2.60. The van der Waals surface area contributed by atoms with Crippen molar-refractivity contribution in [2.75, 3.05) is 7.11 Å². The van der Waals surface area contributed by atoms with Crippen molar-refractivity contribution in [2.45, 2.75) is 26.1 Å². The smallest absolute Gasteiger partial charge is 0.256 e. The van der Waals surface area contributed by atoms with E-state index in [4.69, 9.17) is 11.2 Å². The Balaban J connectivity index is 1.67. The Morgan fingerprint density at radius 1 is 1.07 bits per heavy atom. The summed E-state index contributed by atoms with van der Waals surface area (Å²) in [6.07, 6.45) is 5.54. The number of rotatable bonds is 6. The lowest BCUT2D eigenvalue weighted by Gasteiger charge is -2.18. The predicted molar refractivity (Wildman–Crippen MR) is 123 cm³/mol. The maximum absolute atomic E-state index is 13.1. The predicted octanol–water partition coefficient (Wildman–Crippen LogP) is 4.65. The second-order valence-electron chi connectivity index (χ2n) is 7.36. The number of hydrogen-bond acceptors (Lipinski definition) is 3. The maximum Gasteiger partial charge on any atom is 0.256 e. The molecular formula is C26H24N2O2. The van der Waals surface area contributed by atoms with Crippen LogP contribution in [0.5, 0.6) is 5.75 Å². The lowest BCUT2D eigenvalue weighted by molar-refractivity contribution is 0.415. The van der Waals surface area contributed by atoms with E-state index in [9.17, 15) is 4.79 Å². The molecule has 0 aliphatic carbocycles. The first kappa shape index (κ1) is 19.8. The normalized spacial score (nSPS) is 12.0. The molecule has 150 valence electrons. The van der Waals surface area contributed by atoms with E-state index in [1.807, 2.05) is 30.3 Å². The molecule has 0 aliphatic heterocycles. The van der Waals surface area contributed by atoms with Crippen LogP contribution in [0.4, 0.5) is 0 Å². The van der Waals surface area contributed by atoms with E-state index in [1.54, 1.807) is 11.7 Å². The zero-order valence-electron chi connectivity index (χ0n) is 17.2. The van der Waals surface area contributed by atoms with Crippen LogP contribution >= 0.6 is 0 Å². The topological polar surface area (TPSA) is 43.3 Å². The van der Waals surface area contributed by atoms with Crippen molar-refractivity contribution in [3.05, 3.63) is 88.2 Å². The molecule has 0 bridgehead atoms. The van der Waals surface area contributed by atoms with E-state index in [1.165, 1.54) is 16.3 Å². The Morgan fingerprint density at radius 3 is 2.67 bits per heavy atom. The average Bonchev–Trinajstić information content (AvgIpc) is 2.79. The summed E-state index contributed by atoms with van der Waals surface area (Å²) in [6, 6.07) is 22.4. The molecule has 4 aromatic rings. The molecule has 1 N–H and O–H groups in total. The molecule has 0 spiro atoms. The van der Waals surface area contributed by atoms with Crippen molar-refractivity contribution in [1.29, 1.82) is 0 Å². The van der Waals surface area contributed by atoms with E-state index in [2.05, 4.69) is 54.6 Å². The van der Waals surface area contributed by atoms with Crippen LogP contribution in [0.3, 0.4) is 0 Å². The zero-order valence-corrected chi connectivity index (χ0v) is 17.2. The van der Waals surface area contributed by atoms with Crippen LogP contribution in [-0.2, 0) is 13.1 Å². The maximum atomic E-state index is 13.1. The molecule has 0 fully saturated rings. The number of hydrogen-bond donors (Lipinski definition) is 1. The highest BCUT2D eigenvalue weighted by atomic mass is 16.5. The van der Waals surface area contributed by atoms with E-state index in [0.717, 1.165) is 10.9 Å². The first-order chi connectivity index (χ1) is 14.6. The Kier molecular flexibility index (Phi) is 5.56. The molecule has 30 heavy (non-hydrogen) atoms. The number of benzene rings is 3. The van der Waals surface area contributed by atoms with Crippen molar-refractivity contribution in [2.24, 2.45) is 0 Å². The lowest BCUT2D eigenvalue weighted by Crippen LogP contribution is -2.28. The summed E-state index contributed by atoms with van der Waals surface area (Å²) in [4.78, 5) is 13.1. The van der Waals surface area contributed by atoms with Gasteiger partial charge in [0, 0.05) is 24.2 Å². The fourth-order valence-electron chi connectivity index (χ4n) is 3.91. The molecule has 1 heterocycles. The van der Waals surface area contributed by atoms with Gasteiger partial charge in [0.15, 0.2) is 0 Å². The highest BCUT2D eigenvalue weighted by Gasteiger charge is 2.13. The Morgan fingerprint density at radius 2 is 1.87 bits per heavy atom. The lowest BCUT2D eigenvalue weighted by atomic mass is 9.99. The minimum absolute atomic E-state index is 0.0775. The van der Waals surface area contributed by atoms with Crippen LogP contribution in [0.15, 0.2) is 71.5 Å². The summed E-state index contributed by atoms with van der Waals surface area (Å²) in [7, 11) is 1.61. The van der Waals surface area contributed by atoms with Gasteiger partial charge in [0.25, 0.3) is 5.56 Å². The number of nitrogens with zero attached hydrogens (tertiary/aromatic N) is 1. The second kappa shape index (κ2) is 8.44. The minimum Gasteiger partial charge on any atom is -0.497 e. The standard InChI is InChI=1S/C26H24N2O2/c1-4-14-28-25-16-22(30-3)13-12-20(25)15-21(26(28)29)17-27-18(2)23-11-7-9-19-8-5-6-10-24(19)23/h1,5-13,15-16,18,27H,14,17H2,2-3H3. The van der Waals surface area contributed by atoms with Gasteiger partial charge in [0.05, 0.1) is 19.2 Å². The van der Waals surface area contributed by atoms with Crippen molar-refractivity contribution in [3.8, 4) is 18.1 Å². The molecule has 0 saturated heterocycles. The Hall–Kier alpha value is -3.55. The summed E-state index contributed by atoms with van der Waals surface area (Å²) >= 11 is 0. The van der Waals surface area contributed by atoms with E-state index in [-0.39, 0.29) is 18.1 Å². The largest absolute Gasteiger partial charge is 0.497 e. The summed E-state index contributed by atoms with van der Waals surface area (Å²) in [6.45, 7) is 2.79. The van der Waals surface area contributed by atoms with Gasteiger partial charge in [0.1, 0.15) is 5.75 Å². The zero-order chi connectivity index (χ0) is 21.1. The summed E-state index contributed by atoms with van der Waals surface area (Å²) < 4.78 is 6.95. The van der Waals surface area contributed by atoms with E-state index >= 15 is 0 Å². The van der Waals surface area contributed by atoms with Crippen molar-refractivity contribution < 1.29 is 4.74 Å². The van der Waals surface area contributed by atoms with Crippen LogP contribution in [0, 0.1) is 12.3 Å². The van der Waals surface area contributed by atoms with Gasteiger partial charge in [-0.1, -0.05) is 48.4 Å². The van der Waals surface area contributed by atoms with Crippen molar-refractivity contribution >= 4 is 21.7 Å². The molecule has 4 heteroatoms. The Labute approximate surface area is 176 Å². The quantitative estimate of drug-likeness (QED) is 0.483. The van der Waals surface area contributed by atoms with Crippen LogP contribution < -0.4 is 15.6 Å². The van der Waals surface area contributed by atoms with Gasteiger partial charge >= 0.3 is 0 Å². The van der Waals surface area contributed by atoms with Crippen LogP contribution in [0.2, 0.25) is 0 Å². The molecule has 0 aliphatic rings. The van der Waals surface area contributed by atoms with Gasteiger partial charge in [-0.2, -0.15) is 0 Å². The van der Waals surface area contributed by atoms with Crippen LogP contribution in [-0.4, -0.2) is 11.7 Å². The van der Waals surface area contributed by atoms with Gasteiger partial charge in [-0.25, -0.2) is 0 Å². The van der Waals surface area contributed by atoms with Crippen LogP contribution in [0.25, 0.3) is 21.7 Å². The number of aromatic nitrogens is 1. The first-order valence-electron chi connectivity index (χ1n) is 9.97. The second-order valence-corrected chi connectivity index (χ2v) is 7.36. The number of terminal acetylenes is 1. The molecule has 4 nitrogen and oxygen atoms in total. The highest BCUT2D eigenvalue weighted by molar-refractivity contribution is 5.86.